The van der Waals surface area contributed by atoms with Gasteiger partial charge in [0.05, 0.1) is 0 Å². The topological polar surface area (TPSA) is 79.3 Å². The lowest BCUT2D eigenvalue weighted by Gasteiger charge is -2.30. The zero-order valence-electron chi connectivity index (χ0n) is 10.1. The molecule has 1 heterocycles. The van der Waals surface area contributed by atoms with Crippen LogP contribution in [0.5, 0.6) is 0 Å². The number of rotatable bonds is 4. The van der Waals surface area contributed by atoms with E-state index in [1.54, 1.807) is 6.07 Å². The molecule has 0 spiro atoms. The summed E-state index contributed by atoms with van der Waals surface area (Å²) >= 11 is 0. The van der Waals surface area contributed by atoms with Crippen LogP contribution in [0, 0.1) is 5.92 Å². The number of aliphatic hydroxyl groups is 1. The summed E-state index contributed by atoms with van der Waals surface area (Å²) in [6.07, 6.45) is 6.57. The molecule has 0 bridgehead atoms. The first-order valence-electron chi connectivity index (χ1n) is 6.16. The highest BCUT2D eigenvalue weighted by atomic mass is 32.2. The van der Waals surface area contributed by atoms with Crippen molar-refractivity contribution in [2.24, 2.45) is 5.92 Å². The summed E-state index contributed by atoms with van der Waals surface area (Å²) in [7, 11) is -3.53. The number of nitrogens with one attached hydrogen (secondary N) is 1. The normalized spacial score (nSPS) is 24.9. The summed E-state index contributed by atoms with van der Waals surface area (Å²) in [6.45, 7) is 0.0280. The van der Waals surface area contributed by atoms with Gasteiger partial charge in [0, 0.05) is 25.0 Å². The largest absolute Gasteiger partial charge is 0.396 e. The Balaban J connectivity index is 2.12. The smallest absolute Gasteiger partial charge is 0.242 e. The Labute approximate surface area is 107 Å². The molecule has 1 saturated carbocycles. The molecule has 2 unspecified atom stereocenters. The zero-order valence-corrected chi connectivity index (χ0v) is 10.9. The number of hydrogen-bond acceptors (Lipinski definition) is 4. The van der Waals surface area contributed by atoms with Gasteiger partial charge in [-0.3, -0.25) is 4.98 Å². The van der Waals surface area contributed by atoms with Crippen molar-refractivity contribution in [1.82, 2.24) is 9.71 Å². The highest BCUT2D eigenvalue weighted by Crippen LogP contribution is 2.25. The number of sulfonamides is 1. The van der Waals surface area contributed by atoms with Gasteiger partial charge in [0.25, 0.3) is 0 Å². The van der Waals surface area contributed by atoms with E-state index in [2.05, 4.69) is 9.71 Å². The molecule has 5 nitrogen and oxygen atoms in total. The molecule has 0 radical (unpaired) electrons. The number of hydrogen-bond donors (Lipinski definition) is 2. The molecule has 1 aliphatic rings. The Morgan fingerprint density at radius 2 is 2.17 bits per heavy atom. The Morgan fingerprint density at radius 3 is 2.83 bits per heavy atom. The molecule has 0 saturated heterocycles. The lowest BCUT2D eigenvalue weighted by atomic mass is 9.86. The second-order valence-electron chi connectivity index (χ2n) is 4.64. The molecule has 2 atom stereocenters. The maximum atomic E-state index is 12.1. The minimum atomic E-state index is -3.53. The maximum Gasteiger partial charge on any atom is 0.242 e. The fourth-order valence-electron chi connectivity index (χ4n) is 2.35. The molecule has 1 aliphatic carbocycles. The average Bonchev–Trinajstić information content (AvgIpc) is 2.40. The highest BCUT2D eigenvalue weighted by molar-refractivity contribution is 7.89. The van der Waals surface area contributed by atoms with Crippen LogP contribution in [0.3, 0.4) is 0 Å². The molecule has 0 aliphatic heterocycles. The average molecular weight is 270 g/mol. The first-order valence-corrected chi connectivity index (χ1v) is 7.65. The molecule has 2 N–H and O–H groups in total. The fourth-order valence-corrected chi connectivity index (χ4v) is 3.66. The molecular weight excluding hydrogens is 252 g/mol. The summed E-state index contributed by atoms with van der Waals surface area (Å²) in [4.78, 5) is 3.99. The molecular formula is C12H18N2O3S. The van der Waals surface area contributed by atoms with E-state index in [0.717, 1.165) is 25.7 Å². The summed E-state index contributed by atoms with van der Waals surface area (Å²) < 4.78 is 26.9. The zero-order chi connectivity index (χ0) is 13.0. The molecule has 0 aromatic carbocycles. The summed E-state index contributed by atoms with van der Waals surface area (Å²) in [6, 6.07) is 2.94. The number of aromatic nitrogens is 1. The second kappa shape index (κ2) is 5.77. The maximum absolute atomic E-state index is 12.1. The summed E-state index contributed by atoms with van der Waals surface area (Å²) in [5.74, 6) is 0.0187. The molecule has 0 amide bonds. The molecule has 18 heavy (non-hydrogen) atoms. The second-order valence-corrected chi connectivity index (χ2v) is 6.36. The van der Waals surface area contributed by atoms with Crippen LogP contribution >= 0.6 is 0 Å². The van der Waals surface area contributed by atoms with Crippen LogP contribution in [-0.2, 0) is 10.0 Å². The number of pyridine rings is 1. The van der Waals surface area contributed by atoms with Gasteiger partial charge in [0.2, 0.25) is 10.0 Å². The molecule has 1 fully saturated rings. The van der Waals surface area contributed by atoms with Gasteiger partial charge < -0.3 is 5.11 Å². The van der Waals surface area contributed by atoms with Gasteiger partial charge in [-0.25, -0.2) is 13.1 Å². The third-order valence-corrected chi connectivity index (χ3v) is 4.87. The van der Waals surface area contributed by atoms with E-state index in [0.29, 0.717) is 0 Å². The Kier molecular flexibility index (Phi) is 4.31. The Hall–Kier alpha value is -0.980. The van der Waals surface area contributed by atoms with Crippen LogP contribution in [0.4, 0.5) is 0 Å². The van der Waals surface area contributed by atoms with Crippen molar-refractivity contribution >= 4 is 10.0 Å². The lowest BCUT2D eigenvalue weighted by Crippen LogP contribution is -2.43. The molecule has 100 valence electrons. The number of nitrogens with zero attached hydrogens (tertiary/aromatic N) is 1. The lowest BCUT2D eigenvalue weighted by molar-refractivity contribution is 0.164. The quantitative estimate of drug-likeness (QED) is 0.852. The van der Waals surface area contributed by atoms with Crippen LogP contribution in [0.15, 0.2) is 29.4 Å². The van der Waals surface area contributed by atoms with Crippen molar-refractivity contribution in [3.05, 3.63) is 24.5 Å². The van der Waals surface area contributed by atoms with Crippen molar-refractivity contribution in [2.45, 2.75) is 36.6 Å². The first-order chi connectivity index (χ1) is 8.63. The third-order valence-electron chi connectivity index (χ3n) is 3.39. The van der Waals surface area contributed by atoms with E-state index in [1.165, 1.54) is 18.5 Å². The van der Waals surface area contributed by atoms with Crippen molar-refractivity contribution in [2.75, 3.05) is 6.61 Å². The van der Waals surface area contributed by atoms with Crippen LogP contribution in [0.25, 0.3) is 0 Å². The van der Waals surface area contributed by atoms with Gasteiger partial charge in [-0.2, -0.15) is 0 Å². The molecule has 6 heteroatoms. The highest BCUT2D eigenvalue weighted by Gasteiger charge is 2.28. The van der Waals surface area contributed by atoms with E-state index >= 15 is 0 Å². The SMILES string of the molecule is O=S(=O)(NC1CCCCC1CO)c1cccnc1. The molecule has 2 rings (SSSR count). The summed E-state index contributed by atoms with van der Waals surface area (Å²) in [5, 5.41) is 9.28. The van der Waals surface area contributed by atoms with E-state index in [1.807, 2.05) is 0 Å². The van der Waals surface area contributed by atoms with E-state index < -0.39 is 10.0 Å². The van der Waals surface area contributed by atoms with Crippen molar-refractivity contribution in [1.29, 1.82) is 0 Å². The first kappa shape index (κ1) is 13.5. The van der Waals surface area contributed by atoms with Crippen molar-refractivity contribution < 1.29 is 13.5 Å². The van der Waals surface area contributed by atoms with Crippen molar-refractivity contribution in [3.63, 3.8) is 0 Å². The molecule has 1 aromatic rings. The van der Waals surface area contributed by atoms with Gasteiger partial charge >= 0.3 is 0 Å². The predicted octanol–water partition coefficient (Wildman–Crippen LogP) is 0.911. The third kappa shape index (κ3) is 3.07. The van der Waals surface area contributed by atoms with Gasteiger partial charge in [0.1, 0.15) is 4.90 Å². The monoisotopic (exact) mass is 270 g/mol. The Bertz CT molecular complexity index is 475. The van der Waals surface area contributed by atoms with Crippen LogP contribution in [0.2, 0.25) is 0 Å². The van der Waals surface area contributed by atoms with Gasteiger partial charge in [0.15, 0.2) is 0 Å². The summed E-state index contributed by atoms with van der Waals surface area (Å²) in [5.41, 5.74) is 0. The number of aliphatic hydroxyl groups excluding tert-OH is 1. The standard InChI is InChI=1S/C12H18N2O3S/c15-9-10-4-1-2-6-12(10)14-18(16,17)11-5-3-7-13-8-11/h3,5,7-8,10,12,14-15H,1-2,4,6,9H2. The van der Waals surface area contributed by atoms with Gasteiger partial charge in [-0.15, -0.1) is 0 Å². The Morgan fingerprint density at radius 1 is 1.39 bits per heavy atom. The van der Waals surface area contributed by atoms with Crippen LogP contribution < -0.4 is 4.72 Å². The minimum Gasteiger partial charge on any atom is -0.396 e. The van der Waals surface area contributed by atoms with Crippen LogP contribution in [0.1, 0.15) is 25.7 Å². The van der Waals surface area contributed by atoms with Crippen molar-refractivity contribution in [3.8, 4) is 0 Å². The van der Waals surface area contributed by atoms with Crippen LogP contribution in [-0.4, -0.2) is 31.2 Å². The predicted molar refractivity (Wildman–Crippen MR) is 67.4 cm³/mol. The van der Waals surface area contributed by atoms with E-state index in [4.69, 9.17) is 0 Å². The fraction of sp³-hybridized carbons (Fsp3) is 0.583. The van der Waals surface area contributed by atoms with Gasteiger partial charge in [-0.05, 0) is 30.9 Å². The van der Waals surface area contributed by atoms with E-state index in [-0.39, 0.29) is 23.5 Å². The van der Waals surface area contributed by atoms with E-state index in [9.17, 15) is 13.5 Å². The van der Waals surface area contributed by atoms with Gasteiger partial charge in [-0.1, -0.05) is 12.8 Å². The molecule has 1 aromatic heterocycles. The minimum absolute atomic E-state index is 0.0187.